The summed E-state index contributed by atoms with van der Waals surface area (Å²) in [5.41, 5.74) is 0.877. The Balaban J connectivity index is 2.56. The van der Waals surface area contributed by atoms with Crippen molar-refractivity contribution >= 4 is 11.6 Å². The monoisotopic (exact) mass is 244 g/mol. The molecule has 0 amide bonds. The van der Waals surface area contributed by atoms with Crippen LogP contribution in [-0.2, 0) is 6.42 Å². The van der Waals surface area contributed by atoms with Gasteiger partial charge in [-0.15, -0.1) is 0 Å². The standard InChI is InChI=1S/C13H18ClFO/c1-3-9(2)6-11(16)7-10-4-5-13(15)12(14)8-10/h4-5,8-9,11,16H,3,6-7H2,1-2H3. The number of halogens is 2. The third kappa shape index (κ3) is 4.11. The third-order valence-corrected chi connectivity index (χ3v) is 3.12. The number of benzene rings is 1. The van der Waals surface area contributed by atoms with Crippen molar-refractivity contribution in [3.05, 3.63) is 34.6 Å². The lowest BCUT2D eigenvalue weighted by Crippen LogP contribution is -2.14. The van der Waals surface area contributed by atoms with Crippen LogP contribution in [0.4, 0.5) is 4.39 Å². The van der Waals surface area contributed by atoms with E-state index in [-0.39, 0.29) is 11.1 Å². The highest BCUT2D eigenvalue weighted by Gasteiger charge is 2.10. The lowest BCUT2D eigenvalue weighted by molar-refractivity contribution is 0.144. The van der Waals surface area contributed by atoms with Gasteiger partial charge in [0.05, 0.1) is 11.1 Å². The smallest absolute Gasteiger partial charge is 0.141 e. The molecule has 0 aromatic heterocycles. The molecular formula is C13H18ClFO. The molecule has 0 bridgehead atoms. The van der Waals surface area contributed by atoms with Crippen LogP contribution in [0.25, 0.3) is 0 Å². The maximum Gasteiger partial charge on any atom is 0.141 e. The molecule has 1 N–H and O–H groups in total. The second-order valence-electron chi connectivity index (χ2n) is 4.36. The van der Waals surface area contributed by atoms with Gasteiger partial charge >= 0.3 is 0 Å². The molecule has 0 aliphatic carbocycles. The number of aliphatic hydroxyl groups is 1. The molecule has 0 heterocycles. The molecule has 0 saturated carbocycles. The van der Waals surface area contributed by atoms with E-state index in [9.17, 15) is 9.50 Å². The van der Waals surface area contributed by atoms with Gasteiger partial charge < -0.3 is 5.11 Å². The van der Waals surface area contributed by atoms with Gasteiger partial charge in [0.2, 0.25) is 0 Å². The van der Waals surface area contributed by atoms with E-state index >= 15 is 0 Å². The van der Waals surface area contributed by atoms with Crippen LogP contribution in [0.2, 0.25) is 5.02 Å². The van der Waals surface area contributed by atoms with Crippen molar-refractivity contribution in [2.24, 2.45) is 5.92 Å². The average molecular weight is 245 g/mol. The van der Waals surface area contributed by atoms with Crippen molar-refractivity contribution in [2.75, 3.05) is 0 Å². The Morgan fingerprint density at radius 2 is 2.12 bits per heavy atom. The number of aliphatic hydroxyl groups excluding tert-OH is 1. The molecule has 0 aliphatic heterocycles. The molecule has 16 heavy (non-hydrogen) atoms. The summed E-state index contributed by atoms with van der Waals surface area (Å²) >= 11 is 5.67. The summed E-state index contributed by atoms with van der Waals surface area (Å²) in [5.74, 6) is 0.0905. The highest BCUT2D eigenvalue weighted by atomic mass is 35.5. The van der Waals surface area contributed by atoms with E-state index in [0.717, 1.165) is 18.4 Å². The van der Waals surface area contributed by atoms with Crippen LogP contribution in [0.5, 0.6) is 0 Å². The number of hydrogen-bond acceptors (Lipinski definition) is 1. The fraction of sp³-hybridized carbons (Fsp3) is 0.538. The summed E-state index contributed by atoms with van der Waals surface area (Å²) in [5, 5.41) is 9.95. The van der Waals surface area contributed by atoms with Gasteiger partial charge in [-0.1, -0.05) is 37.9 Å². The zero-order valence-corrected chi connectivity index (χ0v) is 10.5. The Bertz CT molecular complexity index is 341. The molecule has 2 unspecified atom stereocenters. The van der Waals surface area contributed by atoms with Crippen LogP contribution in [0.15, 0.2) is 18.2 Å². The predicted molar refractivity (Wildman–Crippen MR) is 65.2 cm³/mol. The third-order valence-electron chi connectivity index (χ3n) is 2.83. The lowest BCUT2D eigenvalue weighted by atomic mass is 9.97. The lowest BCUT2D eigenvalue weighted by Gasteiger charge is -2.15. The van der Waals surface area contributed by atoms with Gasteiger partial charge in [0.15, 0.2) is 0 Å². The summed E-state index contributed by atoms with van der Waals surface area (Å²) in [6.07, 6.45) is 1.98. The number of hydrogen-bond donors (Lipinski definition) is 1. The summed E-state index contributed by atoms with van der Waals surface area (Å²) in [6, 6.07) is 4.59. The molecule has 0 aliphatic rings. The van der Waals surface area contributed by atoms with E-state index in [1.165, 1.54) is 6.07 Å². The van der Waals surface area contributed by atoms with E-state index in [2.05, 4.69) is 13.8 Å². The van der Waals surface area contributed by atoms with Gasteiger partial charge in [-0.05, 0) is 36.5 Å². The van der Waals surface area contributed by atoms with Crippen molar-refractivity contribution in [1.29, 1.82) is 0 Å². The topological polar surface area (TPSA) is 20.2 Å². The first-order valence-corrected chi connectivity index (χ1v) is 6.02. The van der Waals surface area contributed by atoms with Gasteiger partial charge in [0, 0.05) is 0 Å². The van der Waals surface area contributed by atoms with E-state index in [0.29, 0.717) is 12.3 Å². The van der Waals surface area contributed by atoms with E-state index in [1.54, 1.807) is 12.1 Å². The first kappa shape index (κ1) is 13.5. The van der Waals surface area contributed by atoms with Crippen LogP contribution in [-0.4, -0.2) is 11.2 Å². The maximum absolute atomic E-state index is 12.9. The van der Waals surface area contributed by atoms with Crippen LogP contribution in [0.1, 0.15) is 32.3 Å². The Hall–Kier alpha value is -0.600. The number of rotatable bonds is 5. The Morgan fingerprint density at radius 3 is 2.69 bits per heavy atom. The van der Waals surface area contributed by atoms with Gasteiger partial charge in [0.25, 0.3) is 0 Å². The van der Waals surface area contributed by atoms with Gasteiger partial charge in [0.1, 0.15) is 5.82 Å². The molecule has 2 atom stereocenters. The zero-order chi connectivity index (χ0) is 12.1. The molecule has 1 aromatic carbocycles. The molecular weight excluding hydrogens is 227 g/mol. The molecule has 0 saturated heterocycles. The highest BCUT2D eigenvalue weighted by Crippen LogP contribution is 2.19. The van der Waals surface area contributed by atoms with Crippen molar-refractivity contribution in [1.82, 2.24) is 0 Å². The first-order valence-electron chi connectivity index (χ1n) is 5.65. The van der Waals surface area contributed by atoms with Gasteiger partial charge in [-0.25, -0.2) is 4.39 Å². The first-order chi connectivity index (χ1) is 7.52. The average Bonchev–Trinajstić information content (AvgIpc) is 2.23. The van der Waals surface area contributed by atoms with Gasteiger partial charge in [-0.3, -0.25) is 0 Å². The normalized spacial score (nSPS) is 14.8. The Labute approximate surface area is 101 Å². The van der Waals surface area contributed by atoms with Crippen molar-refractivity contribution in [3.8, 4) is 0 Å². The predicted octanol–water partition coefficient (Wildman–Crippen LogP) is 3.82. The van der Waals surface area contributed by atoms with Crippen LogP contribution >= 0.6 is 11.6 Å². The molecule has 90 valence electrons. The molecule has 1 aromatic rings. The summed E-state index contributed by atoms with van der Waals surface area (Å²) < 4.78 is 12.9. The van der Waals surface area contributed by atoms with Crippen molar-refractivity contribution in [3.63, 3.8) is 0 Å². The minimum Gasteiger partial charge on any atom is -0.393 e. The SMILES string of the molecule is CCC(C)CC(O)Cc1ccc(F)c(Cl)c1. The molecule has 3 heteroatoms. The second-order valence-corrected chi connectivity index (χ2v) is 4.76. The second kappa shape index (κ2) is 6.21. The van der Waals surface area contributed by atoms with E-state index < -0.39 is 5.82 Å². The molecule has 1 rings (SSSR count). The van der Waals surface area contributed by atoms with Crippen LogP contribution in [0.3, 0.4) is 0 Å². The largest absolute Gasteiger partial charge is 0.393 e. The van der Waals surface area contributed by atoms with E-state index in [1.807, 2.05) is 0 Å². The fourth-order valence-corrected chi connectivity index (χ4v) is 1.86. The Kier molecular flexibility index (Phi) is 5.23. The van der Waals surface area contributed by atoms with Crippen molar-refractivity contribution in [2.45, 2.75) is 39.2 Å². The molecule has 0 radical (unpaired) electrons. The molecule has 1 nitrogen and oxygen atoms in total. The molecule has 0 fully saturated rings. The minimum absolute atomic E-state index is 0.119. The van der Waals surface area contributed by atoms with Crippen LogP contribution in [0, 0.1) is 11.7 Å². The summed E-state index contributed by atoms with van der Waals surface area (Å²) in [7, 11) is 0. The fourth-order valence-electron chi connectivity index (χ4n) is 1.65. The van der Waals surface area contributed by atoms with E-state index in [4.69, 9.17) is 11.6 Å². The minimum atomic E-state index is -0.415. The Morgan fingerprint density at radius 1 is 1.44 bits per heavy atom. The summed E-state index contributed by atoms with van der Waals surface area (Å²) in [6.45, 7) is 4.22. The van der Waals surface area contributed by atoms with Crippen LogP contribution < -0.4 is 0 Å². The van der Waals surface area contributed by atoms with Crippen molar-refractivity contribution < 1.29 is 9.50 Å². The summed E-state index contributed by atoms with van der Waals surface area (Å²) in [4.78, 5) is 0. The van der Waals surface area contributed by atoms with Gasteiger partial charge in [-0.2, -0.15) is 0 Å². The quantitative estimate of drug-likeness (QED) is 0.835. The highest BCUT2D eigenvalue weighted by molar-refractivity contribution is 6.30. The molecule has 0 spiro atoms. The maximum atomic E-state index is 12.9. The zero-order valence-electron chi connectivity index (χ0n) is 9.71.